The Morgan fingerprint density at radius 3 is 2.39 bits per heavy atom. The lowest BCUT2D eigenvalue weighted by Gasteiger charge is -2.40. The first-order valence-electron chi connectivity index (χ1n) is 11.1. The van der Waals surface area contributed by atoms with Crippen molar-refractivity contribution in [3.8, 4) is 0 Å². The predicted octanol–water partition coefficient (Wildman–Crippen LogP) is 6.90. The Kier molecular flexibility index (Phi) is 5.42. The van der Waals surface area contributed by atoms with E-state index in [1.165, 1.54) is 22.3 Å². The summed E-state index contributed by atoms with van der Waals surface area (Å²) in [6, 6.07) is 27.5. The van der Waals surface area contributed by atoms with Gasteiger partial charge in [0.1, 0.15) is 0 Å². The second kappa shape index (κ2) is 8.09. The van der Waals surface area contributed by atoms with Crippen LogP contribution in [0.1, 0.15) is 41.7 Å². The number of hydrogen-bond acceptors (Lipinski definition) is 2. The molecule has 1 heterocycles. The molecule has 3 heteroatoms. The van der Waals surface area contributed by atoms with E-state index in [0.29, 0.717) is 12.5 Å². The smallest absolute Gasteiger partial charge is 0.0991 e. The molecule has 0 bridgehead atoms. The summed E-state index contributed by atoms with van der Waals surface area (Å²) in [5.74, 6) is 0.510. The molecule has 2 nitrogen and oxygen atoms in total. The van der Waals surface area contributed by atoms with Crippen LogP contribution >= 0.6 is 11.6 Å². The molecule has 0 aromatic heterocycles. The third-order valence-electron chi connectivity index (χ3n) is 7.38. The van der Waals surface area contributed by atoms with Gasteiger partial charge in [-0.2, -0.15) is 0 Å². The van der Waals surface area contributed by atoms with Crippen molar-refractivity contribution in [2.45, 2.75) is 38.4 Å². The lowest BCUT2D eigenvalue weighted by atomic mass is 9.74. The van der Waals surface area contributed by atoms with Crippen LogP contribution in [0.25, 0.3) is 0 Å². The molecule has 1 aliphatic heterocycles. The van der Waals surface area contributed by atoms with E-state index >= 15 is 0 Å². The molecule has 0 amide bonds. The largest absolute Gasteiger partial charge is 0.372 e. The van der Waals surface area contributed by atoms with Crippen LogP contribution in [0.5, 0.6) is 0 Å². The zero-order chi connectivity index (χ0) is 21.5. The topological polar surface area (TPSA) is 18.5 Å². The number of aryl methyl sites for hydroxylation is 1. The van der Waals surface area contributed by atoms with Crippen molar-refractivity contribution in [1.82, 2.24) is 0 Å². The number of ether oxygens (including phenoxy) is 2. The second-order valence-corrected chi connectivity index (χ2v) is 9.63. The monoisotopic (exact) mass is 432 g/mol. The van der Waals surface area contributed by atoms with E-state index in [2.05, 4.69) is 80.6 Å². The SMILES string of the molecule is Cc1ccc([C@@]2(C)OC[C@H]3C[C@]32[C@H](OCCc2ccccc2)c2ccc(Cl)cc2)cc1. The molecule has 0 radical (unpaired) electrons. The molecule has 3 aromatic rings. The Bertz CT molecular complexity index is 1030. The first kappa shape index (κ1) is 20.8. The number of fused-ring (bicyclic) bond motifs is 1. The molecule has 4 atom stereocenters. The zero-order valence-corrected chi connectivity index (χ0v) is 18.9. The molecule has 5 rings (SSSR count). The van der Waals surface area contributed by atoms with E-state index in [-0.39, 0.29) is 17.1 Å². The van der Waals surface area contributed by atoms with Gasteiger partial charge in [-0.1, -0.05) is 83.9 Å². The van der Waals surface area contributed by atoms with E-state index in [1.807, 2.05) is 12.1 Å². The maximum absolute atomic E-state index is 6.72. The molecule has 160 valence electrons. The number of hydrogen-bond donors (Lipinski definition) is 0. The van der Waals surface area contributed by atoms with Crippen LogP contribution in [0.4, 0.5) is 0 Å². The van der Waals surface area contributed by atoms with Gasteiger partial charge in [-0.25, -0.2) is 0 Å². The molecule has 1 saturated heterocycles. The van der Waals surface area contributed by atoms with E-state index in [4.69, 9.17) is 21.1 Å². The normalized spacial score (nSPS) is 27.6. The van der Waals surface area contributed by atoms with Gasteiger partial charge in [-0.05, 0) is 61.4 Å². The fourth-order valence-corrected chi connectivity index (χ4v) is 5.58. The van der Waals surface area contributed by atoms with Crippen LogP contribution in [0.15, 0.2) is 78.9 Å². The first-order valence-corrected chi connectivity index (χ1v) is 11.5. The van der Waals surface area contributed by atoms with E-state index in [0.717, 1.165) is 24.5 Å². The van der Waals surface area contributed by atoms with Crippen LogP contribution in [-0.4, -0.2) is 13.2 Å². The van der Waals surface area contributed by atoms with Gasteiger partial charge >= 0.3 is 0 Å². The third-order valence-corrected chi connectivity index (χ3v) is 7.63. The van der Waals surface area contributed by atoms with Gasteiger partial charge in [-0.15, -0.1) is 0 Å². The lowest BCUT2D eigenvalue weighted by Crippen LogP contribution is -2.38. The van der Waals surface area contributed by atoms with Gasteiger partial charge in [0.15, 0.2) is 0 Å². The minimum Gasteiger partial charge on any atom is -0.372 e. The maximum Gasteiger partial charge on any atom is 0.0991 e. The van der Waals surface area contributed by atoms with Crippen LogP contribution in [0.2, 0.25) is 5.02 Å². The summed E-state index contributed by atoms with van der Waals surface area (Å²) in [4.78, 5) is 0. The number of halogens is 1. The highest BCUT2D eigenvalue weighted by atomic mass is 35.5. The van der Waals surface area contributed by atoms with Crippen molar-refractivity contribution in [3.05, 3.63) is 106 Å². The van der Waals surface area contributed by atoms with E-state index < -0.39 is 0 Å². The highest BCUT2D eigenvalue weighted by Gasteiger charge is 2.74. The minimum atomic E-state index is -0.373. The Labute approximate surface area is 190 Å². The molecule has 0 unspecified atom stereocenters. The molecule has 31 heavy (non-hydrogen) atoms. The molecular weight excluding hydrogens is 404 g/mol. The Morgan fingerprint density at radius 1 is 1.00 bits per heavy atom. The Morgan fingerprint density at radius 2 is 1.71 bits per heavy atom. The third kappa shape index (κ3) is 3.61. The summed E-state index contributed by atoms with van der Waals surface area (Å²) >= 11 is 6.21. The van der Waals surface area contributed by atoms with Gasteiger partial charge < -0.3 is 9.47 Å². The average Bonchev–Trinajstić information content (AvgIpc) is 3.46. The van der Waals surface area contributed by atoms with Crippen LogP contribution in [-0.2, 0) is 21.5 Å². The van der Waals surface area contributed by atoms with Crippen LogP contribution < -0.4 is 0 Å². The molecule has 0 spiro atoms. The summed E-state index contributed by atoms with van der Waals surface area (Å²) in [7, 11) is 0. The summed E-state index contributed by atoms with van der Waals surface area (Å²) in [6.45, 7) is 5.85. The molecule has 3 aromatic carbocycles. The standard InChI is InChI=1S/C28H29ClO2/c1-20-8-12-23(13-9-20)27(2)28(18-24(28)19-31-27)26(22-10-14-25(29)15-11-22)30-17-16-21-6-4-3-5-7-21/h3-15,24,26H,16-19H2,1-2H3/t24-,26-,27-,28-/m1/s1. The summed E-state index contributed by atoms with van der Waals surface area (Å²) in [5, 5.41) is 0.751. The number of rotatable bonds is 7. The van der Waals surface area contributed by atoms with Gasteiger partial charge in [0, 0.05) is 10.4 Å². The van der Waals surface area contributed by atoms with Gasteiger partial charge in [-0.3, -0.25) is 0 Å². The Balaban J connectivity index is 1.48. The van der Waals surface area contributed by atoms with Gasteiger partial charge in [0.25, 0.3) is 0 Å². The van der Waals surface area contributed by atoms with Gasteiger partial charge in [0.2, 0.25) is 0 Å². The minimum absolute atomic E-state index is 0.0349. The second-order valence-electron chi connectivity index (χ2n) is 9.19. The molecule has 2 fully saturated rings. The highest BCUT2D eigenvalue weighted by Crippen LogP contribution is 2.75. The molecular formula is C28H29ClO2. The molecule has 2 aliphatic rings. The van der Waals surface area contributed by atoms with Crippen molar-refractivity contribution in [2.24, 2.45) is 11.3 Å². The fourth-order valence-electron chi connectivity index (χ4n) is 5.46. The predicted molar refractivity (Wildman–Crippen MR) is 125 cm³/mol. The summed E-state index contributed by atoms with van der Waals surface area (Å²) in [6.07, 6.45) is 1.98. The molecule has 1 saturated carbocycles. The molecule has 1 aliphatic carbocycles. The molecule has 0 N–H and O–H groups in total. The van der Waals surface area contributed by atoms with Crippen molar-refractivity contribution in [1.29, 1.82) is 0 Å². The van der Waals surface area contributed by atoms with Gasteiger partial charge in [0.05, 0.1) is 24.9 Å². The average molecular weight is 433 g/mol. The lowest BCUT2D eigenvalue weighted by molar-refractivity contribution is -0.108. The van der Waals surface area contributed by atoms with E-state index in [9.17, 15) is 0 Å². The summed E-state index contributed by atoms with van der Waals surface area (Å²) < 4.78 is 13.2. The maximum atomic E-state index is 6.72. The first-order chi connectivity index (χ1) is 15.0. The van der Waals surface area contributed by atoms with Crippen molar-refractivity contribution >= 4 is 11.6 Å². The van der Waals surface area contributed by atoms with Crippen LogP contribution in [0.3, 0.4) is 0 Å². The van der Waals surface area contributed by atoms with E-state index in [1.54, 1.807) is 0 Å². The van der Waals surface area contributed by atoms with Crippen LogP contribution in [0, 0.1) is 18.3 Å². The van der Waals surface area contributed by atoms with Crippen molar-refractivity contribution < 1.29 is 9.47 Å². The highest BCUT2D eigenvalue weighted by molar-refractivity contribution is 6.30. The number of benzene rings is 3. The Hall–Kier alpha value is -2.13. The summed E-state index contributed by atoms with van der Waals surface area (Å²) in [5.41, 5.74) is 4.55. The quantitative estimate of drug-likeness (QED) is 0.404. The zero-order valence-electron chi connectivity index (χ0n) is 18.2. The van der Waals surface area contributed by atoms with Crippen molar-refractivity contribution in [3.63, 3.8) is 0 Å². The van der Waals surface area contributed by atoms with Crippen molar-refractivity contribution in [2.75, 3.05) is 13.2 Å². The fraction of sp³-hybridized carbons (Fsp3) is 0.357.